The molecule has 0 bridgehead atoms. The summed E-state index contributed by atoms with van der Waals surface area (Å²) >= 11 is 0. The molecule has 0 saturated carbocycles. The third-order valence-corrected chi connectivity index (χ3v) is 3.20. The molecular weight excluding hydrogens is 216 g/mol. The average Bonchev–Trinajstić information content (AvgIpc) is 3.00. The molecule has 0 N–H and O–H groups in total. The Hall–Kier alpha value is -0.800. The monoisotopic (exact) mass is 238 g/mol. The summed E-state index contributed by atoms with van der Waals surface area (Å²) in [5.41, 5.74) is 0. The maximum absolute atomic E-state index is 5.51. The second kappa shape index (κ2) is 7.51. The van der Waals surface area contributed by atoms with Gasteiger partial charge in [0.1, 0.15) is 0 Å². The number of ether oxygens (including phenoxy) is 3. The molecule has 0 amide bonds. The minimum atomic E-state index is 0.408. The van der Waals surface area contributed by atoms with Crippen LogP contribution in [0, 0.1) is 0 Å². The van der Waals surface area contributed by atoms with Crippen LogP contribution in [0.15, 0.2) is 24.7 Å². The molecule has 2 fully saturated rings. The van der Waals surface area contributed by atoms with Crippen LogP contribution in [-0.2, 0) is 14.2 Å². The Morgan fingerprint density at radius 1 is 0.882 bits per heavy atom. The molecule has 2 aliphatic rings. The van der Waals surface area contributed by atoms with Gasteiger partial charge in [0.2, 0.25) is 0 Å². The molecule has 0 radical (unpaired) electrons. The van der Waals surface area contributed by atoms with Crippen molar-refractivity contribution in [3.8, 4) is 0 Å². The van der Waals surface area contributed by atoms with Gasteiger partial charge < -0.3 is 14.2 Å². The lowest BCUT2D eigenvalue weighted by molar-refractivity contribution is 0.112. The molecule has 0 aromatic rings. The molecule has 3 nitrogen and oxygen atoms in total. The Balaban J connectivity index is 1.49. The fourth-order valence-corrected chi connectivity index (χ4v) is 2.23. The zero-order chi connectivity index (χ0) is 11.8. The van der Waals surface area contributed by atoms with Gasteiger partial charge in [-0.25, -0.2) is 0 Å². The van der Waals surface area contributed by atoms with Crippen molar-refractivity contribution in [2.24, 2.45) is 0 Å². The molecule has 96 valence electrons. The third kappa shape index (κ3) is 4.92. The van der Waals surface area contributed by atoms with Crippen LogP contribution >= 0.6 is 0 Å². The van der Waals surface area contributed by atoms with Crippen molar-refractivity contribution in [3.05, 3.63) is 24.7 Å². The molecule has 17 heavy (non-hydrogen) atoms. The summed E-state index contributed by atoms with van der Waals surface area (Å²) in [5.74, 6) is 0. The molecule has 0 spiro atoms. The normalized spacial score (nSPS) is 29.6. The van der Waals surface area contributed by atoms with Crippen molar-refractivity contribution < 1.29 is 14.2 Å². The quantitative estimate of drug-likeness (QED) is 0.665. The number of rotatable bonds is 6. The first-order chi connectivity index (χ1) is 8.45. The lowest BCUT2D eigenvalue weighted by Gasteiger charge is -2.04. The van der Waals surface area contributed by atoms with Crippen molar-refractivity contribution in [1.29, 1.82) is 0 Å². The standard InChI is InChI=1S/C14H22O3/c1(5-13-7-3-11-16-13)9-15-10-2-6-14-8-4-12-17-14/h1-2,9-10,13-14H,3-8,11-12H2/b9-1+,10-2+. The Labute approximate surface area is 103 Å². The summed E-state index contributed by atoms with van der Waals surface area (Å²) in [6.45, 7) is 1.83. The summed E-state index contributed by atoms with van der Waals surface area (Å²) in [4.78, 5) is 0. The van der Waals surface area contributed by atoms with E-state index in [1.54, 1.807) is 12.5 Å². The minimum Gasteiger partial charge on any atom is -0.473 e. The molecule has 0 aliphatic carbocycles. The van der Waals surface area contributed by atoms with E-state index in [1.165, 1.54) is 25.7 Å². The second-order valence-corrected chi connectivity index (χ2v) is 4.62. The van der Waals surface area contributed by atoms with Crippen LogP contribution < -0.4 is 0 Å². The van der Waals surface area contributed by atoms with Crippen molar-refractivity contribution in [3.63, 3.8) is 0 Å². The van der Waals surface area contributed by atoms with Crippen LogP contribution in [0.5, 0.6) is 0 Å². The van der Waals surface area contributed by atoms with E-state index in [0.717, 1.165) is 26.1 Å². The van der Waals surface area contributed by atoms with E-state index < -0.39 is 0 Å². The highest BCUT2D eigenvalue weighted by atomic mass is 16.5. The topological polar surface area (TPSA) is 27.7 Å². The molecule has 0 aromatic heterocycles. The first kappa shape index (κ1) is 12.7. The van der Waals surface area contributed by atoms with Gasteiger partial charge in [0.05, 0.1) is 24.7 Å². The van der Waals surface area contributed by atoms with Gasteiger partial charge in [-0.05, 0) is 50.7 Å². The predicted octanol–water partition coefficient (Wildman–Crippen LogP) is 3.17. The van der Waals surface area contributed by atoms with E-state index in [4.69, 9.17) is 14.2 Å². The maximum Gasteiger partial charge on any atom is 0.0862 e. The lowest BCUT2D eigenvalue weighted by atomic mass is 10.2. The largest absolute Gasteiger partial charge is 0.473 e. The average molecular weight is 238 g/mol. The molecular formula is C14H22O3. The second-order valence-electron chi connectivity index (χ2n) is 4.62. The highest BCUT2D eigenvalue weighted by Crippen LogP contribution is 2.16. The maximum atomic E-state index is 5.51. The van der Waals surface area contributed by atoms with E-state index in [2.05, 4.69) is 0 Å². The first-order valence-electron chi connectivity index (χ1n) is 6.64. The van der Waals surface area contributed by atoms with Crippen molar-refractivity contribution in [1.82, 2.24) is 0 Å². The summed E-state index contributed by atoms with van der Waals surface area (Å²) < 4.78 is 16.3. The van der Waals surface area contributed by atoms with Crippen molar-refractivity contribution in [2.45, 2.75) is 50.7 Å². The number of hydrogen-bond donors (Lipinski definition) is 0. The van der Waals surface area contributed by atoms with Crippen LogP contribution in [-0.4, -0.2) is 25.4 Å². The Morgan fingerprint density at radius 2 is 1.41 bits per heavy atom. The van der Waals surface area contributed by atoms with Gasteiger partial charge in [0.25, 0.3) is 0 Å². The molecule has 2 aliphatic heterocycles. The molecule has 2 unspecified atom stereocenters. The van der Waals surface area contributed by atoms with Gasteiger partial charge in [-0.1, -0.05) is 0 Å². The van der Waals surface area contributed by atoms with Gasteiger partial charge >= 0.3 is 0 Å². The molecule has 2 rings (SSSR count). The van der Waals surface area contributed by atoms with Crippen LogP contribution in [0.1, 0.15) is 38.5 Å². The van der Waals surface area contributed by atoms with Crippen molar-refractivity contribution >= 4 is 0 Å². The zero-order valence-electron chi connectivity index (χ0n) is 10.3. The fourth-order valence-electron chi connectivity index (χ4n) is 2.23. The Kier molecular flexibility index (Phi) is 5.59. The van der Waals surface area contributed by atoms with Crippen LogP contribution in [0.3, 0.4) is 0 Å². The highest BCUT2D eigenvalue weighted by Gasteiger charge is 2.13. The molecule has 2 atom stereocenters. The Bertz CT molecular complexity index is 222. The fraction of sp³-hybridized carbons (Fsp3) is 0.714. The lowest BCUT2D eigenvalue weighted by Crippen LogP contribution is -2.02. The summed E-state index contributed by atoms with van der Waals surface area (Å²) in [5, 5.41) is 0. The number of hydrogen-bond acceptors (Lipinski definition) is 3. The van der Waals surface area contributed by atoms with Crippen LogP contribution in [0.4, 0.5) is 0 Å². The van der Waals surface area contributed by atoms with E-state index in [-0.39, 0.29) is 0 Å². The molecule has 3 heteroatoms. The third-order valence-electron chi connectivity index (χ3n) is 3.20. The summed E-state index contributed by atoms with van der Waals surface area (Å²) in [7, 11) is 0. The molecule has 2 saturated heterocycles. The smallest absolute Gasteiger partial charge is 0.0862 e. The summed E-state index contributed by atoms with van der Waals surface area (Å²) in [6, 6.07) is 0. The predicted molar refractivity (Wildman–Crippen MR) is 66.5 cm³/mol. The van der Waals surface area contributed by atoms with Gasteiger partial charge in [-0.2, -0.15) is 0 Å². The van der Waals surface area contributed by atoms with Crippen molar-refractivity contribution in [2.75, 3.05) is 13.2 Å². The van der Waals surface area contributed by atoms with Crippen LogP contribution in [0.25, 0.3) is 0 Å². The molecule has 0 aromatic carbocycles. The van der Waals surface area contributed by atoms with E-state index >= 15 is 0 Å². The van der Waals surface area contributed by atoms with Gasteiger partial charge in [-0.3, -0.25) is 0 Å². The van der Waals surface area contributed by atoms with Gasteiger partial charge in [0, 0.05) is 13.2 Å². The highest BCUT2D eigenvalue weighted by molar-refractivity contribution is 4.85. The van der Waals surface area contributed by atoms with E-state index in [1.807, 2.05) is 12.2 Å². The van der Waals surface area contributed by atoms with Gasteiger partial charge in [-0.15, -0.1) is 0 Å². The zero-order valence-corrected chi connectivity index (χ0v) is 10.3. The Morgan fingerprint density at radius 3 is 1.82 bits per heavy atom. The van der Waals surface area contributed by atoms with E-state index in [9.17, 15) is 0 Å². The first-order valence-corrected chi connectivity index (χ1v) is 6.64. The van der Waals surface area contributed by atoms with Gasteiger partial charge in [0.15, 0.2) is 0 Å². The van der Waals surface area contributed by atoms with Crippen LogP contribution in [0.2, 0.25) is 0 Å². The molecule has 2 heterocycles. The SMILES string of the molecule is C(=C\O/C=C/CC1CCCO1)/CC1CCCO1. The van der Waals surface area contributed by atoms with E-state index in [0.29, 0.717) is 12.2 Å². The summed E-state index contributed by atoms with van der Waals surface area (Å²) in [6.07, 6.45) is 15.0. The minimum absolute atomic E-state index is 0.408.